The number of hydrogen-bond acceptors (Lipinski definition) is 5. The fraction of sp³-hybridized carbons (Fsp3) is 0.739. The van der Waals surface area contributed by atoms with Crippen molar-refractivity contribution in [3.63, 3.8) is 0 Å². The van der Waals surface area contributed by atoms with E-state index >= 15 is 0 Å². The summed E-state index contributed by atoms with van der Waals surface area (Å²) in [6.45, 7) is 9.92. The summed E-state index contributed by atoms with van der Waals surface area (Å²) in [5.74, 6) is 1.88. The lowest BCUT2D eigenvalue weighted by molar-refractivity contribution is 0.0468. The average Bonchev–Trinajstić information content (AvgIpc) is 3.08. The Hall–Kier alpha value is -1.13. The molecule has 176 valence electrons. The van der Waals surface area contributed by atoms with Crippen molar-refractivity contribution in [3.05, 3.63) is 23.9 Å². The van der Waals surface area contributed by atoms with Crippen molar-refractivity contribution < 1.29 is 4.74 Å². The highest BCUT2D eigenvalue weighted by molar-refractivity contribution is 14.0. The number of ether oxygens (including phenoxy) is 1. The second kappa shape index (κ2) is 14.8. The maximum atomic E-state index is 6.04. The number of rotatable bonds is 8. The normalized spacial score (nSPS) is 18.9. The molecule has 7 nitrogen and oxygen atoms in total. The predicted molar refractivity (Wildman–Crippen MR) is 140 cm³/mol. The quantitative estimate of drug-likeness (QED) is 0.172. The number of pyridine rings is 1. The molecule has 1 aromatic rings. The molecule has 2 N–H and O–H groups in total. The number of nitrogens with zero attached hydrogens (tertiary/aromatic N) is 4. The molecule has 1 saturated carbocycles. The van der Waals surface area contributed by atoms with E-state index in [-0.39, 0.29) is 24.0 Å². The van der Waals surface area contributed by atoms with Crippen LogP contribution in [0.25, 0.3) is 0 Å². The van der Waals surface area contributed by atoms with Crippen molar-refractivity contribution >= 4 is 35.8 Å². The van der Waals surface area contributed by atoms with E-state index in [2.05, 4.69) is 49.5 Å². The van der Waals surface area contributed by atoms with Gasteiger partial charge in [-0.15, -0.1) is 24.0 Å². The second-order valence-corrected chi connectivity index (χ2v) is 8.28. The largest absolute Gasteiger partial charge is 0.376 e. The first kappa shape index (κ1) is 26.1. The lowest BCUT2D eigenvalue weighted by Crippen LogP contribution is -2.46. The minimum absolute atomic E-state index is 0. The SMILES string of the molecule is CCN1CCN(c2ccc(CNC(=NC)NCCOC3CCCCCC3)cn2)CC1.I. The van der Waals surface area contributed by atoms with Gasteiger partial charge in [0.2, 0.25) is 0 Å². The first-order chi connectivity index (χ1) is 14.8. The average molecular weight is 545 g/mol. The fourth-order valence-electron chi connectivity index (χ4n) is 4.21. The monoisotopic (exact) mass is 544 g/mol. The number of aromatic nitrogens is 1. The van der Waals surface area contributed by atoms with Crippen LogP contribution >= 0.6 is 24.0 Å². The fourth-order valence-corrected chi connectivity index (χ4v) is 4.21. The number of anilines is 1. The van der Waals surface area contributed by atoms with Gasteiger partial charge in [-0.05, 0) is 31.0 Å². The van der Waals surface area contributed by atoms with E-state index in [1.54, 1.807) is 7.05 Å². The molecule has 1 aromatic heterocycles. The molecule has 2 heterocycles. The van der Waals surface area contributed by atoms with Crippen LogP contribution in [0.4, 0.5) is 5.82 Å². The van der Waals surface area contributed by atoms with Gasteiger partial charge >= 0.3 is 0 Å². The van der Waals surface area contributed by atoms with Crippen LogP contribution in [0.3, 0.4) is 0 Å². The number of halogens is 1. The molecule has 0 radical (unpaired) electrons. The van der Waals surface area contributed by atoms with Crippen molar-refractivity contribution in [1.82, 2.24) is 20.5 Å². The first-order valence-electron chi connectivity index (χ1n) is 11.8. The van der Waals surface area contributed by atoms with Crippen molar-refractivity contribution in [2.75, 3.05) is 57.8 Å². The van der Waals surface area contributed by atoms with Crippen molar-refractivity contribution in [2.45, 2.75) is 58.1 Å². The summed E-state index contributed by atoms with van der Waals surface area (Å²) in [6.07, 6.45) is 10.2. The van der Waals surface area contributed by atoms with Crippen LogP contribution in [-0.4, -0.2) is 74.9 Å². The molecular weight excluding hydrogens is 503 g/mol. The molecule has 8 heteroatoms. The van der Waals surface area contributed by atoms with E-state index < -0.39 is 0 Å². The third kappa shape index (κ3) is 9.10. The predicted octanol–water partition coefficient (Wildman–Crippen LogP) is 3.25. The number of guanidine groups is 1. The summed E-state index contributed by atoms with van der Waals surface area (Å²) in [4.78, 5) is 13.8. The Morgan fingerprint density at radius 1 is 1.10 bits per heavy atom. The van der Waals surface area contributed by atoms with Crippen LogP contribution in [0.1, 0.15) is 51.0 Å². The minimum atomic E-state index is 0. The van der Waals surface area contributed by atoms with E-state index in [0.29, 0.717) is 12.6 Å². The van der Waals surface area contributed by atoms with Crippen LogP contribution in [0.15, 0.2) is 23.3 Å². The highest BCUT2D eigenvalue weighted by Crippen LogP contribution is 2.19. The van der Waals surface area contributed by atoms with Gasteiger partial charge in [0.25, 0.3) is 0 Å². The standard InChI is InChI=1S/C23H40N6O.HI/c1-3-28-13-15-29(16-14-28)22-11-10-20(18-26-22)19-27-23(24-2)25-12-17-30-21-8-6-4-5-7-9-21;/h10-11,18,21H,3-9,12-17,19H2,1-2H3,(H2,24,25,27);1H. The van der Waals surface area contributed by atoms with Crippen molar-refractivity contribution in [2.24, 2.45) is 4.99 Å². The van der Waals surface area contributed by atoms with E-state index in [1.807, 2.05) is 6.20 Å². The maximum absolute atomic E-state index is 6.04. The Kier molecular flexibility index (Phi) is 12.5. The van der Waals surface area contributed by atoms with Gasteiger partial charge in [-0.25, -0.2) is 4.98 Å². The molecule has 0 atom stereocenters. The van der Waals surface area contributed by atoms with Gasteiger partial charge in [-0.2, -0.15) is 0 Å². The van der Waals surface area contributed by atoms with Gasteiger partial charge in [-0.1, -0.05) is 38.7 Å². The summed E-state index contributed by atoms with van der Waals surface area (Å²) in [5, 5.41) is 6.72. The van der Waals surface area contributed by atoms with Gasteiger partial charge in [0.05, 0.1) is 12.7 Å². The smallest absolute Gasteiger partial charge is 0.191 e. The Morgan fingerprint density at radius 3 is 2.45 bits per heavy atom. The molecule has 0 amide bonds. The Morgan fingerprint density at radius 2 is 1.84 bits per heavy atom. The molecule has 0 bridgehead atoms. The lowest BCUT2D eigenvalue weighted by atomic mass is 10.1. The molecule has 2 fully saturated rings. The highest BCUT2D eigenvalue weighted by Gasteiger charge is 2.16. The van der Waals surface area contributed by atoms with Gasteiger partial charge in [0, 0.05) is 52.5 Å². The zero-order chi connectivity index (χ0) is 21.0. The molecule has 31 heavy (non-hydrogen) atoms. The molecule has 1 aliphatic carbocycles. The number of likely N-dealkylation sites (N-methyl/N-ethyl adjacent to an activating group) is 1. The van der Waals surface area contributed by atoms with E-state index in [1.165, 1.54) is 38.5 Å². The summed E-state index contributed by atoms with van der Waals surface area (Å²) >= 11 is 0. The van der Waals surface area contributed by atoms with Gasteiger partial charge in [-0.3, -0.25) is 4.99 Å². The number of nitrogens with one attached hydrogen (secondary N) is 2. The van der Waals surface area contributed by atoms with Crippen LogP contribution in [0.2, 0.25) is 0 Å². The minimum Gasteiger partial charge on any atom is -0.376 e. The molecule has 1 aliphatic heterocycles. The van der Waals surface area contributed by atoms with E-state index in [0.717, 1.165) is 63.2 Å². The van der Waals surface area contributed by atoms with Crippen molar-refractivity contribution in [3.8, 4) is 0 Å². The summed E-state index contributed by atoms with van der Waals surface area (Å²) in [6, 6.07) is 4.29. The zero-order valence-corrected chi connectivity index (χ0v) is 21.6. The molecular formula is C23H41IN6O. The Bertz CT molecular complexity index is 625. The summed E-state index contributed by atoms with van der Waals surface area (Å²) in [7, 11) is 1.80. The third-order valence-electron chi connectivity index (χ3n) is 6.19. The highest BCUT2D eigenvalue weighted by atomic mass is 127. The van der Waals surface area contributed by atoms with Crippen LogP contribution < -0.4 is 15.5 Å². The van der Waals surface area contributed by atoms with E-state index in [4.69, 9.17) is 4.74 Å². The maximum Gasteiger partial charge on any atom is 0.191 e. The number of piperazine rings is 1. The molecule has 0 unspecified atom stereocenters. The van der Waals surface area contributed by atoms with Crippen LogP contribution in [0.5, 0.6) is 0 Å². The second-order valence-electron chi connectivity index (χ2n) is 8.28. The van der Waals surface area contributed by atoms with Gasteiger partial charge < -0.3 is 25.2 Å². The van der Waals surface area contributed by atoms with Crippen molar-refractivity contribution in [1.29, 1.82) is 0 Å². The number of aliphatic imine (C=N–C) groups is 1. The Labute approximate surface area is 205 Å². The van der Waals surface area contributed by atoms with Crippen LogP contribution in [0, 0.1) is 0 Å². The van der Waals surface area contributed by atoms with E-state index in [9.17, 15) is 0 Å². The number of hydrogen-bond donors (Lipinski definition) is 2. The molecule has 3 rings (SSSR count). The zero-order valence-electron chi connectivity index (χ0n) is 19.3. The molecule has 2 aliphatic rings. The lowest BCUT2D eigenvalue weighted by Gasteiger charge is -2.34. The Balaban J connectivity index is 0.00000341. The van der Waals surface area contributed by atoms with Gasteiger partial charge in [0.1, 0.15) is 5.82 Å². The molecule has 1 saturated heterocycles. The van der Waals surface area contributed by atoms with Gasteiger partial charge in [0.15, 0.2) is 5.96 Å². The third-order valence-corrected chi connectivity index (χ3v) is 6.19. The first-order valence-corrected chi connectivity index (χ1v) is 11.8. The summed E-state index contributed by atoms with van der Waals surface area (Å²) < 4.78 is 6.04. The summed E-state index contributed by atoms with van der Waals surface area (Å²) in [5.41, 5.74) is 1.16. The molecule has 0 aromatic carbocycles. The molecule has 0 spiro atoms. The topological polar surface area (TPSA) is 65.0 Å². The van der Waals surface area contributed by atoms with Crippen LogP contribution in [-0.2, 0) is 11.3 Å².